The Balaban J connectivity index is 2.34. The van der Waals surface area contributed by atoms with Crippen molar-refractivity contribution in [2.24, 2.45) is 0 Å². The smallest absolute Gasteiger partial charge is 0.123 e. The number of benzene rings is 2. The average Bonchev–Trinajstić information content (AvgIpc) is 2.46. The van der Waals surface area contributed by atoms with Gasteiger partial charge in [0.15, 0.2) is 0 Å². The largest absolute Gasteiger partial charge is 0.496 e. The molecule has 0 aliphatic carbocycles. The van der Waals surface area contributed by atoms with Gasteiger partial charge in [0.1, 0.15) is 11.6 Å². The Morgan fingerprint density at radius 2 is 1.90 bits per heavy atom. The van der Waals surface area contributed by atoms with Crippen LogP contribution < -0.4 is 10.1 Å². The number of likely N-dealkylation sites (N-methyl/N-ethyl adjacent to an activating group) is 1. The summed E-state index contributed by atoms with van der Waals surface area (Å²) >= 11 is 0. The minimum Gasteiger partial charge on any atom is -0.496 e. The Hall–Kier alpha value is -1.87. The van der Waals surface area contributed by atoms with Gasteiger partial charge in [-0.25, -0.2) is 4.39 Å². The fraction of sp³-hybridized carbons (Fsp3) is 0.333. The molecule has 2 aromatic carbocycles. The molecule has 0 saturated carbocycles. The van der Waals surface area contributed by atoms with Crippen LogP contribution in [0.25, 0.3) is 0 Å². The third-order valence-electron chi connectivity index (χ3n) is 3.84. The number of aryl methyl sites for hydroxylation is 2. The van der Waals surface area contributed by atoms with Crippen LogP contribution in [0.3, 0.4) is 0 Å². The van der Waals surface area contributed by atoms with Crippen molar-refractivity contribution in [3.63, 3.8) is 0 Å². The molecule has 0 aliphatic heterocycles. The molecule has 112 valence electrons. The molecule has 21 heavy (non-hydrogen) atoms. The molecule has 3 heteroatoms. The number of rotatable bonds is 5. The van der Waals surface area contributed by atoms with Gasteiger partial charge in [-0.05, 0) is 56.6 Å². The predicted molar refractivity (Wildman–Crippen MR) is 84.4 cm³/mol. The van der Waals surface area contributed by atoms with Crippen LogP contribution in [0, 0.1) is 19.7 Å². The molecule has 0 spiro atoms. The quantitative estimate of drug-likeness (QED) is 0.899. The Labute approximate surface area is 126 Å². The van der Waals surface area contributed by atoms with Crippen LogP contribution in [0.5, 0.6) is 5.75 Å². The number of nitrogens with one attached hydrogen (secondary N) is 1. The van der Waals surface area contributed by atoms with Gasteiger partial charge in [0.2, 0.25) is 0 Å². The molecule has 1 atom stereocenters. The van der Waals surface area contributed by atoms with E-state index in [-0.39, 0.29) is 11.9 Å². The standard InChI is InChI=1S/C18H22FNO/c1-12-5-8-18(21-4)16(9-12)17(20-3)11-14-6-7-15(19)10-13(14)2/h5-10,17,20H,11H2,1-4H3. The van der Waals surface area contributed by atoms with Gasteiger partial charge in [-0.15, -0.1) is 0 Å². The molecule has 1 unspecified atom stereocenters. The molecule has 0 bridgehead atoms. The van der Waals surface area contributed by atoms with E-state index in [0.29, 0.717) is 0 Å². The second-order valence-electron chi connectivity index (χ2n) is 5.36. The van der Waals surface area contributed by atoms with Gasteiger partial charge < -0.3 is 10.1 Å². The summed E-state index contributed by atoms with van der Waals surface area (Å²) in [6, 6.07) is 11.3. The summed E-state index contributed by atoms with van der Waals surface area (Å²) in [5, 5.41) is 3.34. The minimum absolute atomic E-state index is 0.129. The van der Waals surface area contributed by atoms with Crippen molar-refractivity contribution in [3.05, 3.63) is 64.5 Å². The van der Waals surface area contributed by atoms with Crippen molar-refractivity contribution in [3.8, 4) is 5.75 Å². The lowest BCUT2D eigenvalue weighted by atomic mass is 9.94. The summed E-state index contributed by atoms with van der Waals surface area (Å²) in [5.74, 6) is 0.685. The van der Waals surface area contributed by atoms with Crippen molar-refractivity contribution in [1.82, 2.24) is 5.32 Å². The van der Waals surface area contributed by atoms with Crippen LogP contribution in [0.4, 0.5) is 4.39 Å². The fourth-order valence-corrected chi connectivity index (χ4v) is 2.60. The normalized spacial score (nSPS) is 12.2. The zero-order chi connectivity index (χ0) is 15.4. The van der Waals surface area contributed by atoms with Crippen molar-refractivity contribution in [2.45, 2.75) is 26.3 Å². The highest BCUT2D eigenvalue weighted by Crippen LogP contribution is 2.29. The average molecular weight is 287 g/mol. The predicted octanol–water partition coefficient (Wildman–Crippen LogP) is 3.95. The molecule has 0 radical (unpaired) electrons. The zero-order valence-corrected chi connectivity index (χ0v) is 13.0. The first-order valence-corrected chi connectivity index (χ1v) is 7.12. The summed E-state index contributed by atoms with van der Waals surface area (Å²) in [6.45, 7) is 4.01. The number of hydrogen-bond acceptors (Lipinski definition) is 2. The molecule has 0 heterocycles. The molecule has 0 fully saturated rings. The molecule has 0 amide bonds. The van der Waals surface area contributed by atoms with Crippen molar-refractivity contribution < 1.29 is 9.13 Å². The molecule has 2 aromatic rings. The molecule has 0 aliphatic rings. The van der Waals surface area contributed by atoms with Crippen molar-refractivity contribution >= 4 is 0 Å². The minimum atomic E-state index is -0.189. The summed E-state index contributed by atoms with van der Waals surface area (Å²) in [7, 11) is 3.62. The molecule has 2 rings (SSSR count). The summed E-state index contributed by atoms with van der Waals surface area (Å²) < 4.78 is 18.7. The first-order chi connectivity index (χ1) is 10.0. The van der Waals surface area contributed by atoms with Gasteiger partial charge in [-0.1, -0.05) is 23.8 Å². The zero-order valence-electron chi connectivity index (χ0n) is 13.0. The Kier molecular flexibility index (Phi) is 4.97. The summed E-state index contributed by atoms with van der Waals surface area (Å²) in [5.41, 5.74) is 4.44. The van der Waals surface area contributed by atoms with Crippen LogP contribution in [0.2, 0.25) is 0 Å². The lowest BCUT2D eigenvalue weighted by molar-refractivity contribution is 0.401. The molecular weight excluding hydrogens is 265 g/mol. The molecule has 0 saturated heterocycles. The van der Waals surface area contributed by atoms with Crippen LogP contribution in [0.1, 0.15) is 28.3 Å². The van der Waals surface area contributed by atoms with Crippen molar-refractivity contribution in [1.29, 1.82) is 0 Å². The summed E-state index contributed by atoms with van der Waals surface area (Å²) in [4.78, 5) is 0. The molecular formula is C18H22FNO. The monoisotopic (exact) mass is 287 g/mol. The number of ether oxygens (including phenoxy) is 1. The maximum atomic E-state index is 13.2. The van der Waals surface area contributed by atoms with Gasteiger partial charge in [-0.3, -0.25) is 0 Å². The topological polar surface area (TPSA) is 21.3 Å². The fourth-order valence-electron chi connectivity index (χ4n) is 2.60. The van der Waals surface area contributed by atoms with E-state index in [1.54, 1.807) is 13.2 Å². The van der Waals surface area contributed by atoms with E-state index < -0.39 is 0 Å². The number of halogens is 1. The maximum absolute atomic E-state index is 13.2. The van der Waals surface area contributed by atoms with E-state index in [2.05, 4.69) is 18.3 Å². The van der Waals surface area contributed by atoms with E-state index in [1.807, 2.05) is 32.2 Å². The third-order valence-corrected chi connectivity index (χ3v) is 3.84. The first kappa shape index (κ1) is 15.5. The van der Waals surface area contributed by atoms with E-state index in [4.69, 9.17) is 4.74 Å². The van der Waals surface area contributed by atoms with Crippen LogP contribution in [-0.2, 0) is 6.42 Å². The van der Waals surface area contributed by atoms with E-state index in [9.17, 15) is 4.39 Å². The van der Waals surface area contributed by atoms with Crippen LogP contribution in [-0.4, -0.2) is 14.2 Å². The Morgan fingerprint density at radius 1 is 1.14 bits per heavy atom. The van der Waals surface area contributed by atoms with Gasteiger partial charge >= 0.3 is 0 Å². The lowest BCUT2D eigenvalue weighted by Crippen LogP contribution is -2.20. The highest BCUT2D eigenvalue weighted by atomic mass is 19.1. The number of methoxy groups -OCH3 is 1. The molecule has 0 aromatic heterocycles. The highest BCUT2D eigenvalue weighted by Gasteiger charge is 2.16. The van der Waals surface area contributed by atoms with Gasteiger partial charge in [-0.2, -0.15) is 0 Å². The molecule has 2 nitrogen and oxygen atoms in total. The van der Waals surface area contributed by atoms with E-state index in [1.165, 1.54) is 11.6 Å². The maximum Gasteiger partial charge on any atom is 0.123 e. The van der Waals surface area contributed by atoms with Gasteiger partial charge in [0.05, 0.1) is 7.11 Å². The molecule has 1 N–H and O–H groups in total. The second-order valence-corrected chi connectivity index (χ2v) is 5.36. The Morgan fingerprint density at radius 3 is 2.52 bits per heavy atom. The van der Waals surface area contributed by atoms with Crippen LogP contribution >= 0.6 is 0 Å². The second kappa shape index (κ2) is 6.72. The van der Waals surface area contributed by atoms with E-state index in [0.717, 1.165) is 28.9 Å². The van der Waals surface area contributed by atoms with Crippen LogP contribution in [0.15, 0.2) is 36.4 Å². The van der Waals surface area contributed by atoms with E-state index >= 15 is 0 Å². The SMILES string of the molecule is CNC(Cc1ccc(F)cc1C)c1cc(C)ccc1OC. The Bertz CT molecular complexity index is 625. The highest BCUT2D eigenvalue weighted by molar-refractivity contribution is 5.40. The third kappa shape index (κ3) is 3.61. The first-order valence-electron chi connectivity index (χ1n) is 7.12. The van der Waals surface area contributed by atoms with Gasteiger partial charge in [0, 0.05) is 11.6 Å². The lowest BCUT2D eigenvalue weighted by Gasteiger charge is -2.21. The summed E-state index contributed by atoms with van der Waals surface area (Å²) in [6.07, 6.45) is 0.794. The number of hydrogen-bond donors (Lipinski definition) is 1. The van der Waals surface area contributed by atoms with Crippen molar-refractivity contribution in [2.75, 3.05) is 14.2 Å². The van der Waals surface area contributed by atoms with Gasteiger partial charge in [0.25, 0.3) is 0 Å².